The van der Waals surface area contributed by atoms with Gasteiger partial charge in [-0.25, -0.2) is 13.8 Å². The Bertz CT molecular complexity index is 1390. The second kappa shape index (κ2) is 9.28. The first-order valence-corrected chi connectivity index (χ1v) is 10.8. The number of amides is 1. The molecule has 2 heterocycles. The number of nitrogens with zero attached hydrogens (tertiary/aromatic N) is 4. The fourth-order valence-electron chi connectivity index (χ4n) is 2.68. The van der Waals surface area contributed by atoms with E-state index in [0.29, 0.717) is 11.1 Å². The van der Waals surface area contributed by atoms with Crippen molar-refractivity contribution in [3.63, 3.8) is 0 Å². The fourth-order valence-corrected chi connectivity index (χ4v) is 3.96. The van der Waals surface area contributed by atoms with Gasteiger partial charge in [0, 0.05) is 18.0 Å². The van der Waals surface area contributed by atoms with Gasteiger partial charge in [-0.15, -0.1) is 0 Å². The molecular weight excluding hydrogens is 450 g/mol. The van der Waals surface area contributed by atoms with Crippen molar-refractivity contribution in [2.75, 3.05) is 0 Å². The average Bonchev–Trinajstić information content (AvgIpc) is 3.21. The lowest BCUT2D eigenvalue weighted by Gasteiger charge is -2.03. The third kappa shape index (κ3) is 4.85. The summed E-state index contributed by atoms with van der Waals surface area (Å²) in [5.41, 5.74) is 3.42. The van der Waals surface area contributed by atoms with Crippen molar-refractivity contribution in [1.82, 2.24) is 15.6 Å². The van der Waals surface area contributed by atoms with Gasteiger partial charge >= 0.3 is 10.9 Å². The smallest absolute Gasteiger partial charge is 0.415 e. The minimum absolute atomic E-state index is 0.108. The van der Waals surface area contributed by atoms with E-state index in [1.54, 1.807) is 30.3 Å². The first-order chi connectivity index (χ1) is 15.9. The Kier molecular flexibility index (Phi) is 6.09. The molecule has 11 nitrogen and oxygen atoms in total. The van der Waals surface area contributed by atoms with Crippen LogP contribution in [-0.2, 0) is 9.84 Å². The summed E-state index contributed by atoms with van der Waals surface area (Å²) in [5.74, 6) is -0.691. The maximum absolute atomic E-state index is 12.8. The van der Waals surface area contributed by atoms with Gasteiger partial charge in [0.15, 0.2) is 0 Å². The number of ether oxygens (including phenoxy) is 1. The Morgan fingerprint density at radius 2 is 1.76 bits per heavy atom. The maximum atomic E-state index is 12.8. The summed E-state index contributed by atoms with van der Waals surface area (Å²) in [6, 6.07) is 16.7. The van der Waals surface area contributed by atoms with Crippen molar-refractivity contribution >= 4 is 22.0 Å². The Hall–Kier alpha value is -4.58. The summed E-state index contributed by atoms with van der Waals surface area (Å²) >= 11 is 0. The predicted octanol–water partition coefficient (Wildman–Crippen LogP) is 2.09. The molecule has 33 heavy (non-hydrogen) atoms. The van der Waals surface area contributed by atoms with Gasteiger partial charge in [0.25, 0.3) is 15.7 Å². The molecule has 166 valence electrons. The van der Waals surface area contributed by atoms with Gasteiger partial charge in [-0.1, -0.05) is 18.2 Å². The van der Waals surface area contributed by atoms with Gasteiger partial charge in [0.1, 0.15) is 5.75 Å². The number of benzene rings is 2. The first-order valence-electron chi connectivity index (χ1n) is 9.36. The molecule has 0 bridgehead atoms. The molecule has 0 unspecified atom stereocenters. The van der Waals surface area contributed by atoms with Gasteiger partial charge in [0.05, 0.1) is 16.3 Å². The number of pyridine rings is 1. The van der Waals surface area contributed by atoms with E-state index in [9.17, 15) is 18.4 Å². The quantitative estimate of drug-likeness (QED) is 0.248. The molecule has 0 fully saturated rings. The van der Waals surface area contributed by atoms with E-state index in [0.717, 1.165) is 0 Å². The van der Waals surface area contributed by atoms with E-state index in [4.69, 9.17) is 4.74 Å². The SMILES string of the molecule is O=C(N/N=C/c1ccc(Oc2no[n+]([O-])c2S(=O)(=O)c2ccccc2)cc1)c1ccncc1. The van der Waals surface area contributed by atoms with Crippen molar-refractivity contribution in [2.24, 2.45) is 5.10 Å². The van der Waals surface area contributed by atoms with Crippen molar-refractivity contribution in [3.8, 4) is 11.6 Å². The van der Waals surface area contributed by atoms with Crippen LogP contribution in [0.15, 0.2) is 98.8 Å². The number of carbonyl (C=O) groups excluding carboxylic acids is 1. The van der Waals surface area contributed by atoms with Crippen LogP contribution >= 0.6 is 0 Å². The number of carbonyl (C=O) groups is 1. The zero-order chi connectivity index (χ0) is 23.3. The minimum atomic E-state index is -4.22. The molecule has 0 saturated heterocycles. The summed E-state index contributed by atoms with van der Waals surface area (Å²) in [5, 5.41) is 18.5. The lowest BCUT2D eigenvalue weighted by atomic mass is 10.2. The van der Waals surface area contributed by atoms with Crippen LogP contribution in [-0.4, -0.2) is 30.7 Å². The Balaban J connectivity index is 1.47. The highest BCUT2D eigenvalue weighted by atomic mass is 32.2. The summed E-state index contributed by atoms with van der Waals surface area (Å²) in [6.07, 6.45) is 4.41. The highest BCUT2D eigenvalue weighted by Gasteiger charge is 2.36. The van der Waals surface area contributed by atoms with E-state index < -0.39 is 26.7 Å². The molecule has 0 aliphatic heterocycles. The number of aromatic nitrogens is 3. The van der Waals surface area contributed by atoms with Crippen molar-refractivity contribution < 1.29 is 27.5 Å². The van der Waals surface area contributed by atoms with Gasteiger partial charge in [-0.3, -0.25) is 14.4 Å². The highest BCUT2D eigenvalue weighted by molar-refractivity contribution is 7.91. The molecule has 1 N–H and O–H groups in total. The summed E-state index contributed by atoms with van der Waals surface area (Å²) in [6.45, 7) is 0. The number of hydrogen-bond donors (Lipinski definition) is 1. The second-order valence-corrected chi connectivity index (χ2v) is 8.33. The number of hydrazone groups is 1. The van der Waals surface area contributed by atoms with Crippen LogP contribution in [0.1, 0.15) is 15.9 Å². The van der Waals surface area contributed by atoms with Crippen LogP contribution < -0.4 is 15.1 Å². The van der Waals surface area contributed by atoms with E-state index in [-0.39, 0.29) is 15.5 Å². The molecule has 0 atom stereocenters. The number of rotatable bonds is 7. The van der Waals surface area contributed by atoms with Crippen LogP contribution in [0.4, 0.5) is 0 Å². The maximum Gasteiger partial charge on any atom is 0.420 e. The van der Waals surface area contributed by atoms with E-state index >= 15 is 0 Å². The van der Waals surface area contributed by atoms with Gasteiger partial charge in [0.2, 0.25) is 0 Å². The summed E-state index contributed by atoms with van der Waals surface area (Å²) < 4.78 is 35.5. The van der Waals surface area contributed by atoms with E-state index in [1.165, 1.54) is 55.0 Å². The zero-order valence-corrected chi connectivity index (χ0v) is 17.5. The van der Waals surface area contributed by atoms with Crippen LogP contribution in [0.5, 0.6) is 11.6 Å². The van der Waals surface area contributed by atoms with Crippen molar-refractivity contribution in [3.05, 3.63) is 95.5 Å². The molecule has 0 aliphatic rings. The number of nitrogens with one attached hydrogen (secondary N) is 1. The molecule has 0 spiro atoms. The van der Waals surface area contributed by atoms with Gasteiger partial charge in [-0.05, 0) is 59.0 Å². The molecule has 2 aromatic carbocycles. The molecule has 0 radical (unpaired) electrons. The predicted molar refractivity (Wildman–Crippen MR) is 113 cm³/mol. The van der Waals surface area contributed by atoms with E-state index in [1.807, 2.05) is 0 Å². The molecule has 0 aliphatic carbocycles. The Morgan fingerprint density at radius 3 is 2.45 bits per heavy atom. The molecule has 0 saturated carbocycles. The second-order valence-electron chi connectivity index (χ2n) is 6.46. The van der Waals surface area contributed by atoms with Crippen LogP contribution in [0.2, 0.25) is 0 Å². The van der Waals surface area contributed by atoms with Gasteiger partial charge in [-0.2, -0.15) is 5.10 Å². The molecule has 1 amide bonds. The monoisotopic (exact) mass is 465 g/mol. The van der Waals surface area contributed by atoms with Gasteiger partial charge < -0.3 is 9.94 Å². The lowest BCUT2D eigenvalue weighted by molar-refractivity contribution is -0.832. The molecular formula is C21H15N5O6S. The standard InChI is InChI=1S/C21H15N5O6S/c27-19(16-10-12-22-13-11-16)24-23-14-15-6-8-17(9-7-15)31-20-21(26(28)32-25-20)33(29,30)18-4-2-1-3-5-18/h1-14H,(H,24,27)/b23-14+. The normalized spacial score (nSPS) is 11.4. The van der Waals surface area contributed by atoms with Crippen LogP contribution in [0.3, 0.4) is 0 Å². The van der Waals surface area contributed by atoms with E-state index in [2.05, 4.69) is 25.3 Å². The third-order valence-corrected chi connectivity index (χ3v) is 6.00. The van der Waals surface area contributed by atoms with Crippen LogP contribution in [0.25, 0.3) is 0 Å². The van der Waals surface area contributed by atoms with Crippen molar-refractivity contribution in [2.45, 2.75) is 9.92 Å². The minimum Gasteiger partial charge on any atom is -0.415 e. The topological polar surface area (TPSA) is 151 Å². The van der Waals surface area contributed by atoms with Crippen molar-refractivity contribution in [1.29, 1.82) is 0 Å². The molecule has 2 aromatic heterocycles. The Morgan fingerprint density at radius 1 is 1.06 bits per heavy atom. The number of hydrogen-bond acceptors (Lipinski definition) is 9. The highest BCUT2D eigenvalue weighted by Crippen LogP contribution is 2.28. The zero-order valence-electron chi connectivity index (χ0n) is 16.7. The average molecular weight is 465 g/mol. The molecule has 12 heteroatoms. The molecule has 4 aromatic rings. The lowest BCUT2D eigenvalue weighted by Crippen LogP contribution is -2.30. The first kappa shape index (κ1) is 21.6. The Labute approximate surface area is 187 Å². The fraction of sp³-hybridized carbons (Fsp3) is 0. The van der Waals surface area contributed by atoms with Crippen LogP contribution in [0, 0.1) is 5.21 Å². The third-order valence-electron chi connectivity index (χ3n) is 4.27. The summed E-state index contributed by atoms with van der Waals surface area (Å²) in [4.78, 5) is 15.5. The number of sulfone groups is 1. The molecule has 4 rings (SSSR count). The summed E-state index contributed by atoms with van der Waals surface area (Å²) in [7, 11) is -4.22. The largest absolute Gasteiger partial charge is 0.420 e.